The van der Waals surface area contributed by atoms with Gasteiger partial charge in [-0.25, -0.2) is 0 Å². The lowest BCUT2D eigenvalue weighted by Crippen LogP contribution is -2.11. The molecule has 0 bridgehead atoms. The molecule has 0 aliphatic rings. The summed E-state index contributed by atoms with van der Waals surface area (Å²) in [5.41, 5.74) is 16.3. The van der Waals surface area contributed by atoms with Crippen molar-refractivity contribution in [2.24, 2.45) is 0 Å². The summed E-state index contributed by atoms with van der Waals surface area (Å²) in [6.45, 7) is 0. The van der Waals surface area contributed by atoms with Gasteiger partial charge in [-0.2, -0.15) is 0 Å². The third-order valence-electron chi connectivity index (χ3n) is 12.8. The van der Waals surface area contributed by atoms with Gasteiger partial charge in [-0.3, -0.25) is 0 Å². The lowest BCUT2D eigenvalue weighted by molar-refractivity contribution is 1.18. The van der Waals surface area contributed by atoms with Crippen molar-refractivity contribution in [3.63, 3.8) is 0 Å². The molecule has 0 N–H and O–H groups in total. The van der Waals surface area contributed by atoms with Gasteiger partial charge in [-0.05, 0) is 121 Å². The summed E-state index contributed by atoms with van der Waals surface area (Å²) in [5, 5.41) is 7.43. The van der Waals surface area contributed by atoms with Gasteiger partial charge in [0.1, 0.15) is 0 Å². The van der Waals surface area contributed by atoms with Crippen LogP contribution < -0.4 is 4.90 Å². The summed E-state index contributed by atoms with van der Waals surface area (Å²) >= 11 is 0. The van der Waals surface area contributed by atoms with Crippen molar-refractivity contribution in [2.45, 2.75) is 0 Å². The summed E-state index contributed by atoms with van der Waals surface area (Å²) < 4.78 is 2.38. The van der Waals surface area contributed by atoms with Crippen LogP contribution in [0, 0.1) is 0 Å². The molecule has 0 fully saturated rings. The van der Waals surface area contributed by atoms with Gasteiger partial charge in [-0.15, -0.1) is 0 Å². The Kier molecular flexibility index (Phi) is 9.20. The van der Waals surface area contributed by atoms with Crippen molar-refractivity contribution in [2.75, 3.05) is 4.90 Å². The minimum absolute atomic E-state index is 1.08. The molecule has 64 heavy (non-hydrogen) atoms. The fourth-order valence-corrected chi connectivity index (χ4v) is 9.84. The quantitative estimate of drug-likeness (QED) is 0.139. The van der Waals surface area contributed by atoms with E-state index in [-0.39, 0.29) is 0 Å². The van der Waals surface area contributed by atoms with Crippen LogP contribution in [0.4, 0.5) is 17.1 Å². The van der Waals surface area contributed by atoms with Crippen molar-refractivity contribution >= 4 is 60.4 Å². The molecular formula is C62H42N2. The molecule has 0 aliphatic heterocycles. The summed E-state index contributed by atoms with van der Waals surface area (Å²) in [7, 11) is 0. The van der Waals surface area contributed by atoms with Gasteiger partial charge in [0.25, 0.3) is 0 Å². The van der Waals surface area contributed by atoms with Gasteiger partial charge >= 0.3 is 0 Å². The van der Waals surface area contributed by atoms with Crippen molar-refractivity contribution in [1.82, 2.24) is 4.57 Å². The van der Waals surface area contributed by atoms with E-state index in [1.165, 1.54) is 76.7 Å². The Morgan fingerprint density at radius 1 is 0.266 bits per heavy atom. The molecule has 1 aromatic heterocycles. The number of hydrogen-bond donors (Lipinski definition) is 0. The monoisotopic (exact) mass is 814 g/mol. The maximum atomic E-state index is 2.45. The number of hydrogen-bond acceptors (Lipinski definition) is 1. The zero-order valence-corrected chi connectivity index (χ0v) is 35.1. The first-order valence-corrected chi connectivity index (χ1v) is 22.0. The van der Waals surface area contributed by atoms with E-state index in [2.05, 4.69) is 264 Å². The molecule has 300 valence electrons. The number of benzene rings is 11. The summed E-state index contributed by atoms with van der Waals surface area (Å²) in [6.07, 6.45) is 0. The smallest absolute Gasteiger partial charge is 0.0541 e. The number of fused-ring (bicyclic) bond motifs is 6. The maximum Gasteiger partial charge on any atom is 0.0541 e. The summed E-state index contributed by atoms with van der Waals surface area (Å²) in [4.78, 5) is 2.45. The Balaban J connectivity index is 1.05. The highest BCUT2D eigenvalue weighted by Gasteiger charge is 2.22. The van der Waals surface area contributed by atoms with E-state index in [1.54, 1.807) is 0 Å². The van der Waals surface area contributed by atoms with E-state index in [9.17, 15) is 0 Å². The molecule has 12 rings (SSSR count). The highest BCUT2D eigenvalue weighted by molar-refractivity contribution is 6.11. The van der Waals surface area contributed by atoms with Crippen molar-refractivity contribution in [3.8, 4) is 50.2 Å². The molecule has 0 aliphatic carbocycles. The van der Waals surface area contributed by atoms with Gasteiger partial charge in [-0.1, -0.05) is 194 Å². The van der Waals surface area contributed by atoms with Crippen LogP contribution in [0.1, 0.15) is 0 Å². The van der Waals surface area contributed by atoms with Crippen molar-refractivity contribution < 1.29 is 0 Å². The molecule has 0 radical (unpaired) electrons. The van der Waals surface area contributed by atoms with Gasteiger partial charge in [0.15, 0.2) is 0 Å². The predicted molar refractivity (Wildman–Crippen MR) is 272 cm³/mol. The highest BCUT2D eigenvalue weighted by atomic mass is 15.1. The first kappa shape index (κ1) is 37.3. The van der Waals surface area contributed by atoms with Crippen molar-refractivity contribution in [1.29, 1.82) is 0 Å². The van der Waals surface area contributed by atoms with Crippen LogP contribution in [0.5, 0.6) is 0 Å². The van der Waals surface area contributed by atoms with Crippen LogP contribution in [0.15, 0.2) is 255 Å². The Bertz CT molecular complexity index is 3680. The van der Waals surface area contributed by atoms with Crippen LogP contribution in [0.2, 0.25) is 0 Å². The Morgan fingerprint density at radius 2 is 0.812 bits per heavy atom. The molecule has 2 nitrogen and oxygen atoms in total. The van der Waals surface area contributed by atoms with E-state index in [0.29, 0.717) is 0 Å². The van der Waals surface area contributed by atoms with Gasteiger partial charge < -0.3 is 9.47 Å². The number of nitrogens with zero attached hydrogens (tertiary/aromatic N) is 2. The minimum Gasteiger partial charge on any atom is -0.310 e. The first-order chi connectivity index (χ1) is 31.8. The lowest BCUT2D eigenvalue weighted by Gasteiger charge is -2.29. The predicted octanol–water partition coefficient (Wildman–Crippen LogP) is 17.2. The molecule has 1 heterocycles. The molecule has 12 aromatic rings. The fraction of sp³-hybridized carbons (Fsp3) is 0. The highest BCUT2D eigenvalue weighted by Crippen LogP contribution is 2.47. The summed E-state index contributed by atoms with van der Waals surface area (Å²) in [6, 6.07) is 92.8. The number of aromatic nitrogens is 1. The first-order valence-electron chi connectivity index (χ1n) is 22.0. The molecule has 0 atom stereocenters. The molecule has 2 heteroatoms. The zero-order chi connectivity index (χ0) is 42.4. The topological polar surface area (TPSA) is 8.17 Å². The molecule has 0 unspecified atom stereocenters. The Labute approximate surface area is 373 Å². The lowest BCUT2D eigenvalue weighted by atomic mass is 9.88. The average molecular weight is 815 g/mol. The second-order valence-corrected chi connectivity index (χ2v) is 16.5. The second kappa shape index (κ2) is 15.8. The van der Waals surface area contributed by atoms with Gasteiger partial charge in [0.2, 0.25) is 0 Å². The normalized spacial score (nSPS) is 11.4. The largest absolute Gasteiger partial charge is 0.310 e. The number of anilines is 3. The van der Waals surface area contributed by atoms with Gasteiger partial charge in [0, 0.05) is 33.4 Å². The van der Waals surface area contributed by atoms with Crippen LogP contribution in [-0.4, -0.2) is 4.57 Å². The molecule has 11 aromatic carbocycles. The fourth-order valence-electron chi connectivity index (χ4n) is 9.84. The standard InChI is InChI=1S/C62H42N2/c1-3-18-43(19-4-1)52-26-9-10-27-54(52)55-28-11-12-29-56(55)57-30-13-15-32-60(57)63(50-37-38-53-47(41-50)35-34-44-20-7-8-25-51(44)53)49-24-17-21-45(40-49)46-36-39-62-59(42-46)58-31-14-16-33-61(58)64(62)48-22-5-2-6-23-48/h1-42H. The number of para-hydroxylation sites is 3. The van der Waals surface area contributed by atoms with Crippen molar-refractivity contribution in [3.05, 3.63) is 255 Å². The SMILES string of the molecule is c1ccc(-c2ccccc2-c2ccccc2-c2ccccc2N(c2cccc(-c3ccc4c(c3)c3ccccc3n4-c3ccccc3)c2)c2ccc3c(ccc4ccccc43)c2)cc1. The maximum absolute atomic E-state index is 2.45. The molecule has 0 amide bonds. The third kappa shape index (κ3) is 6.44. The minimum atomic E-state index is 1.08. The van der Waals surface area contributed by atoms with Crippen LogP contribution in [-0.2, 0) is 0 Å². The second-order valence-electron chi connectivity index (χ2n) is 16.5. The molecule has 0 saturated carbocycles. The average Bonchev–Trinajstić information content (AvgIpc) is 3.71. The molecular weight excluding hydrogens is 773 g/mol. The van der Waals surface area contributed by atoms with E-state index in [0.717, 1.165) is 33.9 Å². The summed E-state index contributed by atoms with van der Waals surface area (Å²) in [5.74, 6) is 0. The van der Waals surface area contributed by atoms with E-state index in [4.69, 9.17) is 0 Å². The van der Waals surface area contributed by atoms with E-state index >= 15 is 0 Å². The van der Waals surface area contributed by atoms with E-state index in [1.807, 2.05) is 0 Å². The van der Waals surface area contributed by atoms with Crippen LogP contribution in [0.3, 0.4) is 0 Å². The Hall–Kier alpha value is -8.46. The Morgan fingerprint density at radius 3 is 1.62 bits per heavy atom. The third-order valence-corrected chi connectivity index (χ3v) is 12.8. The van der Waals surface area contributed by atoms with Crippen LogP contribution in [0.25, 0.3) is 93.5 Å². The zero-order valence-electron chi connectivity index (χ0n) is 35.1. The molecule has 0 spiro atoms. The molecule has 0 saturated heterocycles. The van der Waals surface area contributed by atoms with E-state index < -0.39 is 0 Å². The van der Waals surface area contributed by atoms with Gasteiger partial charge in [0.05, 0.1) is 16.7 Å². The van der Waals surface area contributed by atoms with Crippen LogP contribution >= 0.6 is 0 Å². The number of rotatable bonds is 8.